The number of amides is 1. The van der Waals surface area contributed by atoms with Gasteiger partial charge in [-0.25, -0.2) is 0 Å². The molecule has 1 fully saturated rings. The summed E-state index contributed by atoms with van der Waals surface area (Å²) in [5, 5.41) is 3.34. The van der Waals surface area contributed by atoms with Gasteiger partial charge in [0, 0.05) is 38.2 Å². The minimum Gasteiger partial charge on any atom is -0.491 e. The van der Waals surface area contributed by atoms with E-state index in [0.717, 1.165) is 43.8 Å². The molecule has 0 radical (unpaired) electrons. The molecule has 1 saturated heterocycles. The van der Waals surface area contributed by atoms with Gasteiger partial charge in [-0.05, 0) is 32.8 Å². The summed E-state index contributed by atoms with van der Waals surface area (Å²) in [7, 11) is 0. The van der Waals surface area contributed by atoms with E-state index in [9.17, 15) is 4.79 Å². The van der Waals surface area contributed by atoms with Gasteiger partial charge in [0.2, 0.25) is 5.91 Å². The molecule has 116 valence electrons. The Morgan fingerprint density at radius 1 is 1.29 bits per heavy atom. The summed E-state index contributed by atoms with van der Waals surface area (Å²) < 4.78 is 5.79. The zero-order chi connectivity index (χ0) is 15.1. The zero-order valence-corrected chi connectivity index (χ0v) is 13.1. The number of carbonyl (C=O) groups is 1. The van der Waals surface area contributed by atoms with Crippen LogP contribution in [0.1, 0.15) is 38.7 Å². The molecule has 4 nitrogen and oxygen atoms in total. The molecule has 1 aliphatic heterocycles. The van der Waals surface area contributed by atoms with Gasteiger partial charge in [0.25, 0.3) is 0 Å². The molecule has 1 aromatic rings. The maximum Gasteiger partial charge on any atom is 0.223 e. The number of hydrogen-bond acceptors (Lipinski definition) is 3. The van der Waals surface area contributed by atoms with E-state index < -0.39 is 0 Å². The van der Waals surface area contributed by atoms with Crippen molar-refractivity contribution in [2.75, 3.05) is 19.6 Å². The molecular formula is C17H26N2O2. The summed E-state index contributed by atoms with van der Waals surface area (Å²) in [6.45, 7) is 7.37. The molecule has 1 amide bonds. The number of rotatable bonds is 7. The van der Waals surface area contributed by atoms with Crippen LogP contribution in [-0.4, -0.2) is 36.5 Å². The third-order valence-electron chi connectivity index (χ3n) is 3.63. The summed E-state index contributed by atoms with van der Waals surface area (Å²) in [5.74, 6) is 1.19. The smallest absolute Gasteiger partial charge is 0.223 e. The first-order chi connectivity index (χ1) is 10.2. The molecule has 1 aromatic carbocycles. The van der Waals surface area contributed by atoms with Crippen LogP contribution in [0.25, 0.3) is 0 Å². The fourth-order valence-electron chi connectivity index (χ4n) is 2.56. The van der Waals surface area contributed by atoms with Crippen LogP contribution < -0.4 is 10.1 Å². The van der Waals surface area contributed by atoms with E-state index in [1.54, 1.807) is 0 Å². The highest BCUT2D eigenvalue weighted by Crippen LogP contribution is 2.19. The van der Waals surface area contributed by atoms with Gasteiger partial charge < -0.3 is 15.0 Å². The highest BCUT2D eigenvalue weighted by molar-refractivity contribution is 5.76. The third kappa shape index (κ3) is 5.05. The molecule has 4 heteroatoms. The minimum atomic E-state index is 0.169. The molecule has 21 heavy (non-hydrogen) atoms. The Kier molecular flexibility index (Phi) is 6.05. The van der Waals surface area contributed by atoms with E-state index in [0.29, 0.717) is 13.0 Å². The Hall–Kier alpha value is -1.55. The maximum absolute atomic E-state index is 11.9. The summed E-state index contributed by atoms with van der Waals surface area (Å²) in [6.07, 6.45) is 3.05. The van der Waals surface area contributed by atoms with Crippen molar-refractivity contribution in [3.05, 3.63) is 29.8 Å². The largest absolute Gasteiger partial charge is 0.491 e. The predicted octanol–water partition coefficient (Wildman–Crippen LogP) is 2.58. The second-order valence-electron chi connectivity index (χ2n) is 5.79. The highest BCUT2D eigenvalue weighted by atomic mass is 16.5. The number of likely N-dealkylation sites (tertiary alicyclic amines) is 1. The van der Waals surface area contributed by atoms with Crippen LogP contribution in [-0.2, 0) is 11.3 Å². The molecule has 0 saturated carbocycles. The highest BCUT2D eigenvalue weighted by Gasteiger charge is 2.16. The van der Waals surface area contributed by atoms with E-state index in [-0.39, 0.29) is 12.0 Å². The maximum atomic E-state index is 11.9. The van der Waals surface area contributed by atoms with Crippen LogP contribution in [0.5, 0.6) is 5.75 Å². The lowest BCUT2D eigenvalue weighted by atomic mass is 10.2. The molecule has 0 aromatic heterocycles. The van der Waals surface area contributed by atoms with Crippen molar-refractivity contribution in [3.8, 4) is 5.75 Å². The van der Waals surface area contributed by atoms with Crippen LogP contribution in [0.15, 0.2) is 24.3 Å². The van der Waals surface area contributed by atoms with Gasteiger partial charge in [0.1, 0.15) is 5.75 Å². The van der Waals surface area contributed by atoms with Gasteiger partial charge in [0.05, 0.1) is 6.10 Å². The fraction of sp³-hybridized carbons (Fsp3) is 0.588. The Bertz CT molecular complexity index is 454. The molecule has 2 rings (SSSR count). The van der Waals surface area contributed by atoms with Crippen LogP contribution in [0, 0.1) is 0 Å². The average Bonchev–Trinajstić information content (AvgIpc) is 2.98. The first-order valence-corrected chi connectivity index (χ1v) is 7.90. The van der Waals surface area contributed by atoms with Crippen molar-refractivity contribution in [1.82, 2.24) is 10.2 Å². The minimum absolute atomic E-state index is 0.169. The predicted molar refractivity (Wildman–Crippen MR) is 84.3 cm³/mol. The van der Waals surface area contributed by atoms with Crippen LogP contribution >= 0.6 is 0 Å². The molecule has 1 aliphatic rings. The van der Waals surface area contributed by atoms with Gasteiger partial charge in [0.15, 0.2) is 0 Å². The van der Waals surface area contributed by atoms with Gasteiger partial charge in [-0.1, -0.05) is 18.2 Å². The van der Waals surface area contributed by atoms with Gasteiger partial charge in [-0.2, -0.15) is 0 Å². The van der Waals surface area contributed by atoms with Crippen LogP contribution in [0.3, 0.4) is 0 Å². The van der Waals surface area contributed by atoms with Gasteiger partial charge in [-0.15, -0.1) is 0 Å². The van der Waals surface area contributed by atoms with E-state index in [4.69, 9.17) is 4.74 Å². The standard InChI is InChI=1S/C17H26N2O2/c1-14(2)21-16-8-4-3-7-15(16)13-18-10-9-17(20)19-11-5-6-12-19/h3-4,7-8,14,18H,5-6,9-13H2,1-2H3. The second-order valence-corrected chi connectivity index (χ2v) is 5.79. The van der Waals surface area contributed by atoms with Gasteiger partial charge >= 0.3 is 0 Å². The number of nitrogens with zero attached hydrogens (tertiary/aromatic N) is 1. The number of nitrogens with one attached hydrogen (secondary N) is 1. The Morgan fingerprint density at radius 2 is 2.00 bits per heavy atom. The first kappa shape index (κ1) is 15.8. The van der Waals surface area contributed by atoms with E-state index in [2.05, 4.69) is 11.4 Å². The van der Waals surface area contributed by atoms with Crippen molar-refractivity contribution in [3.63, 3.8) is 0 Å². The SMILES string of the molecule is CC(C)Oc1ccccc1CNCCC(=O)N1CCCC1. The average molecular weight is 290 g/mol. The second kappa shape index (κ2) is 8.03. The number of carbonyl (C=O) groups excluding carboxylic acids is 1. The molecule has 0 aliphatic carbocycles. The number of ether oxygens (including phenoxy) is 1. The van der Waals surface area contributed by atoms with E-state index in [1.807, 2.05) is 36.9 Å². The Morgan fingerprint density at radius 3 is 2.71 bits per heavy atom. The molecule has 0 atom stereocenters. The monoisotopic (exact) mass is 290 g/mol. The lowest BCUT2D eigenvalue weighted by molar-refractivity contribution is -0.130. The molecule has 0 spiro atoms. The van der Waals surface area contributed by atoms with Crippen molar-refractivity contribution in [2.45, 2.75) is 45.8 Å². The lowest BCUT2D eigenvalue weighted by Crippen LogP contribution is -2.30. The molecule has 1 N–H and O–H groups in total. The normalized spacial score (nSPS) is 14.7. The van der Waals surface area contributed by atoms with E-state index >= 15 is 0 Å². The summed E-state index contributed by atoms with van der Waals surface area (Å²) in [4.78, 5) is 13.9. The summed E-state index contributed by atoms with van der Waals surface area (Å²) >= 11 is 0. The molecule has 0 unspecified atom stereocenters. The Balaban J connectivity index is 1.74. The van der Waals surface area contributed by atoms with Crippen molar-refractivity contribution in [1.29, 1.82) is 0 Å². The first-order valence-electron chi connectivity index (χ1n) is 7.90. The van der Waals surface area contributed by atoms with Crippen LogP contribution in [0.2, 0.25) is 0 Å². The van der Waals surface area contributed by atoms with Crippen molar-refractivity contribution >= 4 is 5.91 Å². The molecule has 1 heterocycles. The fourth-order valence-corrected chi connectivity index (χ4v) is 2.56. The summed E-state index contributed by atoms with van der Waals surface area (Å²) in [5.41, 5.74) is 1.14. The van der Waals surface area contributed by atoms with Gasteiger partial charge in [-0.3, -0.25) is 4.79 Å². The van der Waals surface area contributed by atoms with Crippen molar-refractivity contribution < 1.29 is 9.53 Å². The van der Waals surface area contributed by atoms with Crippen LogP contribution in [0.4, 0.5) is 0 Å². The quantitative estimate of drug-likeness (QED) is 0.785. The summed E-state index contributed by atoms with van der Waals surface area (Å²) in [6, 6.07) is 8.05. The third-order valence-corrected chi connectivity index (χ3v) is 3.63. The van der Waals surface area contributed by atoms with Crippen molar-refractivity contribution in [2.24, 2.45) is 0 Å². The van der Waals surface area contributed by atoms with E-state index in [1.165, 1.54) is 0 Å². The lowest BCUT2D eigenvalue weighted by Gasteiger charge is -2.16. The number of para-hydroxylation sites is 1. The topological polar surface area (TPSA) is 41.6 Å². The number of hydrogen-bond donors (Lipinski definition) is 1. The zero-order valence-electron chi connectivity index (χ0n) is 13.1. The molecule has 0 bridgehead atoms. The number of benzene rings is 1. The molecular weight excluding hydrogens is 264 g/mol. The Labute approximate surface area is 127 Å².